The van der Waals surface area contributed by atoms with Crippen LogP contribution in [0.3, 0.4) is 0 Å². The summed E-state index contributed by atoms with van der Waals surface area (Å²) < 4.78 is 0.704. The average Bonchev–Trinajstić information content (AvgIpc) is 2.32. The summed E-state index contributed by atoms with van der Waals surface area (Å²) in [5.41, 5.74) is -1.36. The second-order valence-corrected chi connectivity index (χ2v) is 9.48. The highest BCUT2D eigenvalue weighted by atomic mass is 32.2. The van der Waals surface area contributed by atoms with Gasteiger partial charge in [0, 0.05) is 22.0 Å². The summed E-state index contributed by atoms with van der Waals surface area (Å²) in [6, 6.07) is 0. The lowest BCUT2D eigenvalue weighted by molar-refractivity contribution is -0.150. The van der Waals surface area contributed by atoms with Crippen molar-refractivity contribution in [2.45, 2.75) is 60.6 Å². The molecule has 0 saturated heterocycles. The van der Waals surface area contributed by atoms with E-state index in [4.69, 9.17) is 12.2 Å². The molecule has 4 heteroatoms. The van der Waals surface area contributed by atoms with Crippen molar-refractivity contribution in [2.24, 2.45) is 22.2 Å². The molecular weight excluding hydrogens is 288 g/mol. The number of ketones is 2. The van der Waals surface area contributed by atoms with Crippen molar-refractivity contribution in [3.8, 4) is 0 Å². The summed E-state index contributed by atoms with van der Waals surface area (Å²) >= 11 is 7.08. The molecule has 0 unspecified atom stereocenters. The highest BCUT2D eigenvalue weighted by Gasteiger charge is 2.62. The van der Waals surface area contributed by atoms with Gasteiger partial charge in [0.1, 0.15) is 11.6 Å². The van der Waals surface area contributed by atoms with Crippen LogP contribution in [0.1, 0.15) is 55.4 Å². The standard InChI is InChI=1S/C16H26O2S2/c1-9(2)10(17)14(3,4)13(19)20-12-15(5,6)11(18)16(12,7)8/h9,12H,1-8H3. The summed E-state index contributed by atoms with van der Waals surface area (Å²) in [4.78, 5) is 24.5. The Bertz CT molecular complexity index is 441. The van der Waals surface area contributed by atoms with Crippen LogP contribution in [0.25, 0.3) is 0 Å². The van der Waals surface area contributed by atoms with Gasteiger partial charge >= 0.3 is 0 Å². The zero-order valence-corrected chi connectivity index (χ0v) is 15.4. The van der Waals surface area contributed by atoms with E-state index in [0.29, 0.717) is 4.20 Å². The first-order valence-corrected chi connectivity index (χ1v) is 8.36. The van der Waals surface area contributed by atoms with Gasteiger partial charge in [-0.15, -0.1) is 11.8 Å². The number of thiocarbonyl (C=S) groups is 1. The molecular formula is C16H26O2S2. The number of hydrogen-bond donors (Lipinski definition) is 0. The summed E-state index contributed by atoms with van der Waals surface area (Å²) in [6.07, 6.45) is 0. The third-order valence-corrected chi connectivity index (χ3v) is 7.29. The maximum absolute atomic E-state index is 12.3. The Balaban J connectivity index is 2.92. The van der Waals surface area contributed by atoms with E-state index in [9.17, 15) is 9.59 Å². The van der Waals surface area contributed by atoms with Crippen LogP contribution in [0.5, 0.6) is 0 Å². The zero-order chi connectivity index (χ0) is 16.1. The summed E-state index contributed by atoms with van der Waals surface area (Å²) in [7, 11) is 0. The Kier molecular flexibility index (Phi) is 4.64. The quantitative estimate of drug-likeness (QED) is 0.724. The Labute approximate surface area is 132 Å². The Hall–Kier alpha value is -0.220. The molecule has 1 aliphatic carbocycles. The van der Waals surface area contributed by atoms with Crippen LogP contribution in [0.15, 0.2) is 0 Å². The maximum Gasteiger partial charge on any atom is 0.146 e. The molecule has 0 aromatic rings. The van der Waals surface area contributed by atoms with Crippen molar-refractivity contribution in [1.82, 2.24) is 0 Å². The minimum Gasteiger partial charge on any atom is -0.298 e. The second-order valence-electron chi connectivity index (χ2n) is 7.70. The fourth-order valence-electron chi connectivity index (χ4n) is 3.26. The molecule has 114 valence electrons. The van der Waals surface area contributed by atoms with Gasteiger partial charge in [-0.05, 0) is 13.8 Å². The average molecular weight is 315 g/mol. The second kappa shape index (κ2) is 5.20. The van der Waals surface area contributed by atoms with E-state index in [1.165, 1.54) is 0 Å². The lowest BCUT2D eigenvalue weighted by atomic mass is 9.54. The van der Waals surface area contributed by atoms with Gasteiger partial charge in [-0.3, -0.25) is 9.59 Å². The topological polar surface area (TPSA) is 34.1 Å². The minimum atomic E-state index is -0.626. The van der Waals surface area contributed by atoms with Crippen molar-refractivity contribution in [3.63, 3.8) is 0 Å². The summed E-state index contributed by atoms with van der Waals surface area (Å²) in [6.45, 7) is 15.5. The predicted octanol–water partition coefficient (Wildman–Crippen LogP) is 4.30. The Morgan fingerprint density at radius 3 is 1.95 bits per heavy atom. The van der Waals surface area contributed by atoms with Crippen LogP contribution in [0.4, 0.5) is 0 Å². The molecule has 0 N–H and O–H groups in total. The van der Waals surface area contributed by atoms with E-state index in [-0.39, 0.29) is 33.6 Å². The van der Waals surface area contributed by atoms with Crippen LogP contribution < -0.4 is 0 Å². The molecule has 0 aromatic carbocycles. The number of hydrogen-bond acceptors (Lipinski definition) is 4. The smallest absolute Gasteiger partial charge is 0.146 e. The van der Waals surface area contributed by atoms with Crippen molar-refractivity contribution in [2.75, 3.05) is 0 Å². The highest BCUT2D eigenvalue weighted by molar-refractivity contribution is 8.23. The first-order chi connectivity index (χ1) is 8.77. The van der Waals surface area contributed by atoms with Gasteiger partial charge in [-0.2, -0.15) is 0 Å². The third-order valence-electron chi connectivity index (χ3n) is 4.36. The van der Waals surface area contributed by atoms with Crippen molar-refractivity contribution >= 4 is 39.7 Å². The van der Waals surface area contributed by atoms with Gasteiger partial charge in [-0.1, -0.05) is 53.8 Å². The molecule has 1 rings (SSSR count). The van der Waals surface area contributed by atoms with Gasteiger partial charge in [0.2, 0.25) is 0 Å². The van der Waals surface area contributed by atoms with Crippen molar-refractivity contribution < 1.29 is 9.59 Å². The number of thioether (sulfide) groups is 1. The maximum atomic E-state index is 12.3. The molecule has 1 fully saturated rings. The summed E-state index contributed by atoms with van der Waals surface area (Å²) in [5.74, 6) is 0.405. The number of carbonyl (C=O) groups excluding carboxylic acids is 2. The van der Waals surface area contributed by atoms with Crippen LogP contribution in [0.2, 0.25) is 0 Å². The van der Waals surface area contributed by atoms with Crippen molar-refractivity contribution in [3.05, 3.63) is 0 Å². The fraction of sp³-hybridized carbons (Fsp3) is 0.812. The van der Waals surface area contributed by atoms with Crippen LogP contribution >= 0.6 is 24.0 Å². The van der Waals surface area contributed by atoms with Crippen molar-refractivity contribution in [1.29, 1.82) is 0 Å². The molecule has 0 spiro atoms. The van der Waals surface area contributed by atoms with Crippen LogP contribution in [0, 0.1) is 22.2 Å². The first-order valence-electron chi connectivity index (χ1n) is 7.07. The molecule has 0 aliphatic heterocycles. The largest absolute Gasteiger partial charge is 0.298 e. The molecule has 0 bridgehead atoms. The minimum absolute atomic E-state index is 0.0346. The van der Waals surface area contributed by atoms with Gasteiger partial charge < -0.3 is 0 Å². The molecule has 0 amide bonds. The van der Waals surface area contributed by atoms with Gasteiger partial charge in [-0.25, -0.2) is 0 Å². The number of carbonyl (C=O) groups is 2. The lowest BCUT2D eigenvalue weighted by Gasteiger charge is -2.55. The molecule has 0 radical (unpaired) electrons. The van der Waals surface area contributed by atoms with Gasteiger partial charge in [0.05, 0.1) is 9.61 Å². The fourth-order valence-corrected chi connectivity index (χ4v) is 5.07. The first kappa shape index (κ1) is 17.8. The van der Waals surface area contributed by atoms with E-state index in [1.54, 1.807) is 11.8 Å². The normalized spacial score (nSPS) is 21.8. The van der Waals surface area contributed by atoms with E-state index in [0.717, 1.165) is 0 Å². The van der Waals surface area contributed by atoms with Crippen LogP contribution in [-0.4, -0.2) is 21.0 Å². The van der Waals surface area contributed by atoms with Gasteiger partial charge in [0.25, 0.3) is 0 Å². The monoisotopic (exact) mass is 314 g/mol. The Morgan fingerprint density at radius 1 is 1.20 bits per heavy atom. The highest BCUT2D eigenvalue weighted by Crippen LogP contribution is 2.57. The van der Waals surface area contributed by atoms with E-state index >= 15 is 0 Å². The van der Waals surface area contributed by atoms with E-state index in [2.05, 4.69) is 0 Å². The summed E-state index contributed by atoms with van der Waals surface area (Å²) in [5, 5.41) is 0.134. The molecule has 20 heavy (non-hydrogen) atoms. The molecule has 0 atom stereocenters. The molecule has 0 heterocycles. The van der Waals surface area contributed by atoms with E-state index in [1.807, 2.05) is 55.4 Å². The molecule has 0 aromatic heterocycles. The number of Topliss-reactive ketones (excluding diaryl/α,β-unsaturated/α-hetero) is 2. The Morgan fingerprint density at radius 2 is 1.60 bits per heavy atom. The van der Waals surface area contributed by atoms with Gasteiger partial charge in [0.15, 0.2) is 0 Å². The third kappa shape index (κ3) is 2.61. The SMILES string of the molecule is CC(C)C(=O)C(C)(C)C(=S)SC1C(C)(C)C(=O)C1(C)C. The molecule has 1 saturated carbocycles. The number of rotatable bonds is 4. The molecule has 1 aliphatic rings. The predicted molar refractivity (Wildman–Crippen MR) is 90.2 cm³/mol. The lowest BCUT2D eigenvalue weighted by Crippen LogP contribution is -2.63. The zero-order valence-electron chi connectivity index (χ0n) is 13.8. The van der Waals surface area contributed by atoms with E-state index < -0.39 is 5.41 Å². The molecule has 2 nitrogen and oxygen atoms in total. The van der Waals surface area contributed by atoms with Crippen LogP contribution in [-0.2, 0) is 9.59 Å².